The molecule has 0 aliphatic heterocycles. The number of nitrogens with one attached hydrogen (secondary N) is 2. The maximum atomic E-state index is 13.9. The molecule has 3 aromatic rings. The predicted octanol–water partition coefficient (Wildman–Crippen LogP) is 5.10. The molecular weight excluding hydrogens is 387 g/mol. The van der Waals surface area contributed by atoms with Crippen LogP contribution >= 0.6 is 11.3 Å². The van der Waals surface area contributed by atoms with Gasteiger partial charge in [-0.3, -0.25) is 9.59 Å². The van der Waals surface area contributed by atoms with Crippen molar-refractivity contribution in [3.05, 3.63) is 83.0 Å². The Balaban J connectivity index is 1.39. The van der Waals surface area contributed by atoms with E-state index in [0.717, 1.165) is 22.6 Å². The van der Waals surface area contributed by atoms with Crippen LogP contribution in [0.25, 0.3) is 16.5 Å². The Morgan fingerprint density at radius 1 is 1.03 bits per heavy atom. The lowest BCUT2D eigenvalue weighted by Crippen LogP contribution is -2.25. The van der Waals surface area contributed by atoms with Gasteiger partial charge in [-0.05, 0) is 55.3 Å². The van der Waals surface area contributed by atoms with Crippen LogP contribution < -0.4 is 10.6 Å². The lowest BCUT2D eigenvalue weighted by Gasteiger charge is -2.06. The van der Waals surface area contributed by atoms with Crippen molar-refractivity contribution in [3.63, 3.8) is 0 Å². The molecule has 6 heteroatoms. The fourth-order valence-electron chi connectivity index (χ4n) is 2.82. The monoisotopic (exact) mass is 406 g/mol. The zero-order chi connectivity index (χ0) is 20.2. The molecule has 4 nitrogen and oxygen atoms in total. The number of thiophene rings is 1. The molecule has 0 atom stereocenters. The Morgan fingerprint density at radius 2 is 1.86 bits per heavy atom. The zero-order valence-electron chi connectivity index (χ0n) is 15.5. The normalized spacial score (nSPS) is 13.4. The third kappa shape index (κ3) is 4.97. The van der Waals surface area contributed by atoms with Crippen LogP contribution in [0, 0.1) is 5.82 Å². The van der Waals surface area contributed by atoms with Crippen LogP contribution in [-0.4, -0.2) is 17.9 Å². The molecule has 0 spiro atoms. The lowest BCUT2D eigenvalue weighted by molar-refractivity contribution is -0.111. The van der Waals surface area contributed by atoms with E-state index in [9.17, 15) is 14.0 Å². The first-order valence-corrected chi connectivity index (χ1v) is 10.1. The van der Waals surface area contributed by atoms with E-state index >= 15 is 0 Å². The van der Waals surface area contributed by atoms with Crippen molar-refractivity contribution in [3.8, 4) is 10.4 Å². The zero-order valence-corrected chi connectivity index (χ0v) is 16.3. The molecule has 1 aromatic heterocycles. The molecule has 0 saturated heterocycles. The average Bonchev–Trinajstić information content (AvgIpc) is 3.41. The van der Waals surface area contributed by atoms with Gasteiger partial charge in [0.1, 0.15) is 5.82 Å². The molecule has 0 radical (unpaired) electrons. The van der Waals surface area contributed by atoms with Gasteiger partial charge >= 0.3 is 0 Å². The van der Waals surface area contributed by atoms with Gasteiger partial charge in [-0.1, -0.05) is 24.3 Å². The second kappa shape index (κ2) is 8.41. The van der Waals surface area contributed by atoms with Crippen molar-refractivity contribution in [1.82, 2.24) is 5.32 Å². The molecule has 0 unspecified atom stereocenters. The Kier molecular flexibility index (Phi) is 5.53. The van der Waals surface area contributed by atoms with Gasteiger partial charge in [0.25, 0.3) is 5.91 Å². The molecule has 1 aliphatic rings. The van der Waals surface area contributed by atoms with Gasteiger partial charge in [0.2, 0.25) is 5.91 Å². The minimum Gasteiger partial charge on any atom is -0.349 e. The van der Waals surface area contributed by atoms with Gasteiger partial charge in [0, 0.05) is 38.7 Å². The van der Waals surface area contributed by atoms with Gasteiger partial charge < -0.3 is 10.6 Å². The number of carbonyl (C=O) groups is 2. The fraction of sp³-hybridized carbons (Fsp3) is 0.130. The van der Waals surface area contributed by atoms with Crippen molar-refractivity contribution in [1.29, 1.82) is 0 Å². The molecule has 2 N–H and O–H groups in total. The van der Waals surface area contributed by atoms with Gasteiger partial charge in [-0.2, -0.15) is 0 Å². The largest absolute Gasteiger partial charge is 0.349 e. The highest BCUT2D eigenvalue weighted by atomic mass is 32.1. The van der Waals surface area contributed by atoms with Crippen molar-refractivity contribution >= 4 is 34.9 Å². The Morgan fingerprint density at radius 3 is 2.66 bits per heavy atom. The number of benzene rings is 2. The molecule has 2 amide bonds. The second-order valence-electron chi connectivity index (χ2n) is 6.83. The molecule has 4 rings (SSSR count). The number of anilines is 1. The van der Waals surface area contributed by atoms with Gasteiger partial charge in [0.05, 0.1) is 0 Å². The summed E-state index contributed by atoms with van der Waals surface area (Å²) in [7, 11) is 0. The molecule has 146 valence electrons. The first kappa shape index (κ1) is 19.1. The smallest absolute Gasteiger partial charge is 0.251 e. The van der Waals surface area contributed by atoms with E-state index < -0.39 is 0 Å². The van der Waals surface area contributed by atoms with Crippen molar-refractivity contribution in [2.75, 3.05) is 5.32 Å². The summed E-state index contributed by atoms with van der Waals surface area (Å²) in [5.41, 5.74) is 1.62. The topological polar surface area (TPSA) is 58.2 Å². The van der Waals surface area contributed by atoms with Crippen molar-refractivity contribution in [2.24, 2.45) is 0 Å². The summed E-state index contributed by atoms with van der Waals surface area (Å²) in [5, 5.41) is 5.69. The molecule has 1 heterocycles. The first-order valence-electron chi connectivity index (χ1n) is 9.33. The Bertz CT molecular complexity index is 1090. The Labute approximate surface area is 172 Å². The summed E-state index contributed by atoms with van der Waals surface area (Å²) in [6, 6.07) is 17.4. The number of halogens is 1. The third-order valence-electron chi connectivity index (χ3n) is 4.47. The van der Waals surface area contributed by atoms with Crippen LogP contribution in [0.3, 0.4) is 0 Å². The van der Waals surface area contributed by atoms with Gasteiger partial charge in [-0.15, -0.1) is 11.3 Å². The van der Waals surface area contributed by atoms with Crippen LogP contribution in [0.4, 0.5) is 10.1 Å². The van der Waals surface area contributed by atoms with Crippen LogP contribution in [0.15, 0.2) is 66.7 Å². The van der Waals surface area contributed by atoms with E-state index in [2.05, 4.69) is 10.6 Å². The molecular formula is C23H19FN2O2S. The number of rotatable bonds is 6. The van der Waals surface area contributed by atoms with E-state index in [1.165, 1.54) is 23.5 Å². The highest BCUT2D eigenvalue weighted by molar-refractivity contribution is 7.16. The molecule has 29 heavy (non-hydrogen) atoms. The van der Waals surface area contributed by atoms with Gasteiger partial charge in [-0.25, -0.2) is 4.39 Å². The molecule has 0 bridgehead atoms. The average molecular weight is 406 g/mol. The highest BCUT2D eigenvalue weighted by Crippen LogP contribution is 2.30. The standard InChI is InChI=1S/C23H19FN2O2S/c24-20-7-2-1-6-19(20)21-12-10-18(29-21)11-13-22(27)25-17-5-3-4-15(14-17)23(28)26-16-8-9-16/h1-7,10-14,16H,8-9H2,(H,25,27)(H,26,28)/b13-11+. The number of hydrogen-bond acceptors (Lipinski definition) is 3. The molecule has 2 aromatic carbocycles. The predicted molar refractivity (Wildman–Crippen MR) is 114 cm³/mol. The van der Waals surface area contributed by atoms with Crippen LogP contribution in [-0.2, 0) is 4.79 Å². The summed E-state index contributed by atoms with van der Waals surface area (Å²) in [4.78, 5) is 26.0. The quantitative estimate of drug-likeness (QED) is 0.560. The van der Waals surface area contributed by atoms with Crippen LogP contribution in [0.1, 0.15) is 28.1 Å². The van der Waals surface area contributed by atoms with Crippen LogP contribution in [0.5, 0.6) is 0 Å². The summed E-state index contributed by atoms with van der Waals surface area (Å²) in [5.74, 6) is -0.697. The van der Waals surface area contributed by atoms with Crippen LogP contribution in [0.2, 0.25) is 0 Å². The summed E-state index contributed by atoms with van der Waals surface area (Å²) in [6.45, 7) is 0. The molecule has 1 aliphatic carbocycles. The minimum atomic E-state index is -0.300. The van der Waals surface area contributed by atoms with E-state index in [1.54, 1.807) is 48.5 Å². The fourth-order valence-corrected chi connectivity index (χ4v) is 3.76. The van der Waals surface area contributed by atoms with E-state index in [4.69, 9.17) is 0 Å². The Hall–Kier alpha value is -3.25. The maximum Gasteiger partial charge on any atom is 0.251 e. The number of amides is 2. The van der Waals surface area contributed by atoms with Crippen molar-refractivity contribution in [2.45, 2.75) is 18.9 Å². The maximum absolute atomic E-state index is 13.9. The summed E-state index contributed by atoms with van der Waals surface area (Å²) >= 11 is 1.41. The number of hydrogen-bond donors (Lipinski definition) is 2. The minimum absolute atomic E-state index is 0.126. The van der Waals surface area contributed by atoms with E-state index in [1.807, 2.05) is 12.1 Å². The van der Waals surface area contributed by atoms with Gasteiger partial charge in [0.15, 0.2) is 0 Å². The molecule has 1 fully saturated rings. The van der Waals surface area contributed by atoms with E-state index in [-0.39, 0.29) is 23.7 Å². The third-order valence-corrected chi connectivity index (χ3v) is 5.55. The van der Waals surface area contributed by atoms with Crippen molar-refractivity contribution < 1.29 is 14.0 Å². The van der Waals surface area contributed by atoms with E-state index in [0.29, 0.717) is 16.8 Å². The first-order chi connectivity index (χ1) is 14.1. The highest BCUT2D eigenvalue weighted by Gasteiger charge is 2.23. The SMILES string of the molecule is O=C(/C=C/c1ccc(-c2ccccc2F)s1)Nc1cccc(C(=O)NC2CC2)c1. The summed E-state index contributed by atoms with van der Waals surface area (Å²) < 4.78 is 13.9. The number of carbonyl (C=O) groups excluding carboxylic acids is 2. The second-order valence-corrected chi connectivity index (χ2v) is 7.95. The lowest BCUT2D eigenvalue weighted by atomic mass is 10.2. The summed E-state index contributed by atoms with van der Waals surface area (Å²) in [6.07, 6.45) is 5.16. The molecule has 1 saturated carbocycles.